The number of carbonyl (C=O) groups is 1. The number of amides is 1. The van der Waals surface area contributed by atoms with Crippen LogP contribution in [0, 0.1) is 0 Å². The van der Waals surface area contributed by atoms with Crippen molar-refractivity contribution in [2.75, 3.05) is 32.6 Å². The fraction of sp³-hybridized carbons (Fsp3) is 0.900. The van der Waals surface area contributed by atoms with E-state index in [4.69, 9.17) is 4.74 Å². The Bertz CT molecular complexity index is 302. The van der Waals surface area contributed by atoms with Gasteiger partial charge in [-0.3, -0.25) is 0 Å². The molecular formula is C10H19BF3KN2O2-. The molecule has 1 rings (SSSR count). The van der Waals surface area contributed by atoms with Gasteiger partial charge < -0.3 is 27.5 Å². The first-order valence-electron chi connectivity index (χ1n) is 5.98. The van der Waals surface area contributed by atoms with Gasteiger partial charge in [-0.15, -0.1) is 0 Å². The van der Waals surface area contributed by atoms with Gasteiger partial charge >= 0.3 is 13.1 Å². The fourth-order valence-corrected chi connectivity index (χ4v) is 1.73. The second kappa shape index (κ2) is 7.65. The molecule has 1 radical (unpaired) electrons. The van der Waals surface area contributed by atoms with Gasteiger partial charge in [0.25, 0.3) is 0 Å². The third-order valence-corrected chi connectivity index (χ3v) is 2.49. The quantitative estimate of drug-likeness (QED) is 0.726. The van der Waals surface area contributed by atoms with Crippen LogP contribution in [0.15, 0.2) is 0 Å². The van der Waals surface area contributed by atoms with E-state index >= 15 is 0 Å². The van der Waals surface area contributed by atoms with Crippen molar-refractivity contribution in [3.05, 3.63) is 0 Å². The first-order valence-corrected chi connectivity index (χ1v) is 5.98. The van der Waals surface area contributed by atoms with E-state index < -0.39 is 25.1 Å². The predicted octanol–water partition coefficient (Wildman–Crippen LogP) is 1.54. The second-order valence-corrected chi connectivity index (χ2v) is 5.48. The summed E-state index contributed by atoms with van der Waals surface area (Å²) in [4.78, 5) is 14.4. The van der Waals surface area contributed by atoms with Gasteiger partial charge in [0.1, 0.15) is 5.60 Å². The maximum atomic E-state index is 12.2. The molecule has 0 N–H and O–H groups in total. The molecule has 1 heterocycles. The Morgan fingerprint density at radius 2 is 1.63 bits per heavy atom. The Hall–Kier alpha value is 0.721. The van der Waals surface area contributed by atoms with Crippen molar-refractivity contribution in [1.29, 1.82) is 0 Å². The SMILES string of the molecule is CC(C)(C)OC(=O)N1CCN(C[B-](F)(F)F)CC1.[K]. The molecule has 107 valence electrons. The molecule has 1 saturated heterocycles. The summed E-state index contributed by atoms with van der Waals surface area (Å²) in [6, 6.07) is 0. The third-order valence-electron chi connectivity index (χ3n) is 2.49. The molecular weight excluding hydrogens is 287 g/mol. The van der Waals surface area contributed by atoms with Crippen LogP contribution < -0.4 is 0 Å². The average molecular weight is 306 g/mol. The van der Waals surface area contributed by atoms with Crippen LogP contribution in [-0.4, -0.2) is 112 Å². The molecule has 0 bridgehead atoms. The minimum absolute atomic E-state index is 0. The number of halogens is 3. The van der Waals surface area contributed by atoms with Crippen LogP contribution in [-0.2, 0) is 4.74 Å². The van der Waals surface area contributed by atoms with E-state index in [0.29, 0.717) is 0 Å². The Labute approximate surface area is 154 Å². The Morgan fingerprint density at radius 3 is 2.00 bits per heavy atom. The van der Waals surface area contributed by atoms with E-state index in [-0.39, 0.29) is 77.6 Å². The molecule has 1 amide bonds. The molecule has 0 saturated carbocycles. The summed E-state index contributed by atoms with van der Waals surface area (Å²) >= 11 is 0. The van der Waals surface area contributed by atoms with Gasteiger partial charge in [0.2, 0.25) is 0 Å². The average Bonchev–Trinajstić information content (AvgIpc) is 2.13. The maximum Gasteiger partial charge on any atom is 0.492 e. The molecule has 0 aromatic heterocycles. The van der Waals surface area contributed by atoms with E-state index in [1.165, 1.54) is 9.80 Å². The fourth-order valence-electron chi connectivity index (χ4n) is 1.73. The Morgan fingerprint density at radius 1 is 1.16 bits per heavy atom. The summed E-state index contributed by atoms with van der Waals surface area (Å²) in [5.41, 5.74) is -0.580. The van der Waals surface area contributed by atoms with Crippen molar-refractivity contribution < 1.29 is 22.5 Å². The van der Waals surface area contributed by atoms with Gasteiger partial charge in [0.15, 0.2) is 0 Å². The van der Waals surface area contributed by atoms with Crippen LogP contribution in [0.4, 0.5) is 17.7 Å². The molecule has 4 nitrogen and oxygen atoms in total. The number of hydrogen-bond acceptors (Lipinski definition) is 3. The summed E-state index contributed by atoms with van der Waals surface area (Å²) in [6.07, 6.45) is -1.32. The molecule has 0 unspecified atom stereocenters. The number of piperazine rings is 1. The molecule has 19 heavy (non-hydrogen) atoms. The minimum Gasteiger partial charge on any atom is -0.448 e. The van der Waals surface area contributed by atoms with Gasteiger partial charge in [0.05, 0.1) is 0 Å². The summed E-state index contributed by atoms with van der Waals surface area (Å²) in [6.45, 7) is 1.51. The number of nitrogens with zero attached hydrogens (tertiary/aromatic N) is 2. The van der Waals surface area contributed by atoms with Crippen molar-refractivity contribution in [2.24, 2.45) is 0 Å². The number of rotatable bonds is 2. The van der Waals surface area contributed by atoms with Crippen LogP contribution in [0.5, 0.6) is 0 Å². The van der Waals surface area contributed by atoms with Crippen molar-refractivity contribution in [1.82, 2.24) is 9.80 Å². The zero-order chi connectivity index (χ0) is 14.0. The van der Waals surface area contributed by atoms with Gasteiger partial charge in [-0.25, -0.2) is 4.79 Å². The first-order chi connectivity index (χ1) is 8.07. The first kappa shape index (κ1) is 19.7. The van der Waals surface area contributed by atoms with Gasteiger partial charge in [0, 0.05) is 77.6 Å². The van der Waals surface area contributed by atoms with Gasteiger partial charge in [-0.2, -0.15) is 0 Å². The largest absolute Gasteiger partial charge is 0.492 e. The second-order valence-electron chi connectivity index (χ2n) is 5.48. The molecule has 1 fully saturated rings. The van der Waals surface area contributed by atoms with Crippen molar-refractivity contribution in [3.8, 4) is 0 Å². The van der Waals surface area contributed by atoms with Gasteiger partial charge in [-0.1, -0.05) is 0 Å². The third kappa shape index (κ3) is 8.57. The zero-order valence-electron chi connectivity index (χ0n) is 12.0. The van der Waals surface area contributed by atoms with Crippen molar-refractivity contribution in [2.45, 2.75) is 26.4 Å². The predicted molar refractivity (Wildman–Crippen MR) is 69.1 cm³/mol. The van der Waals surface area contributed by atoms with Crippen LogP contribution in [0.3, 0.4) is 0 Å². The maximum absolute atomic E-state index is 12.2. The van der Waals surface area contributed by atoms with Crippen LogP contribution in [0.1, 0.15) is 20.8 Å². The molecule has 0 aromatic rings. The van der Waals surface area contributed by atoms with Gasteiger partial charge in [-0.05, 0) is 27.2 Å². The summed E-state index contributed by atoms with van der Waals surface area (Å²) in [5, 5.41) is 0. The minimum atomic E-state index is -4.80. The normalized spacial score (nSPS) is 17.9. The van der Waals surface area contributed by atoms with Crippen LogP contribution in [0.25, 0.3) is 0 Å². The standard InChI is InChI=1S/C10H19BF3N2O2.K/c1-10(2,3)18-9(17)16-6-4-15(5-7-16)8-11(12,13)14;/h4-8H2,1-3H3;/q-1;. The Kier molecular flexibility index (Phi) is 7.94. The number of carbonyl (C=O) groups excluding carboxylic acids is 1. The van der Waals surface area contributed by atoms with E-state index in [2.05, 4.69) is 0 Å². The number of ether oxygens (including phenoxy) is 1. The molecule has 0 spiro atoms. The molecule has 1 aliphatic heterocycles. The molecule has 0 aromatic carbocycles. The van der Waals surface area contributed by atoms with E-state index in [1.54, 1.807) is 20.8 Å². The van der Waals surface area contributed by atoms with Crippen molar-refractivity contribution in [3.63, 3.8) is 0 Å². The van der Waals surface area contributed by atoms with Crippen molar-refractivity contribution >= 4 is 64.5 Å². The monoisotopic (exact) mass is 306 g/mol. The molecule has 9 heteroatoms. The van der Waals surface area contributed by atoms with E-state index in [0.717, 1.165) is 0 Å². The van der Waals surface area contributed by atoms with Crippen LogP contribution >= 0.6 is 0 Å². The molecule has 0 aliphatic carbocycles. The zero-order valence-corrected chi connectivity index (χ0v) is 15.1. The summed E-state index contributed by atoms with van der Waals surface area (Å²) < 4.78 is 41.9. The number of hydrogen-bond donors (Lipinski definition) is 0. The van der Waals surface area contributed by atoms with E-state index in [1.807, 2.05) is 0 Å². The molecule has 0 atom stereocenters. The molecule has 1 aliphatic rings. The Balaban J connectivity index is 0.00000324. The van der Waals surface area contributed by atoms with E-state index in [9.17, 15) is 17.7 Å². The summed E-state index contributed by atoms with van der Waals surface area (Å²) in [7, 11) is 0. The smallest absolute Gasteiger partial charge is 0.448 e. The summed E-state index contributed by atoms with van der Waals surface area (Å²) in [5.74, 6) is 0. The topological polar surface area (TPSA) is 32.8 Å². The van der Waals surface area contributed by atoms with Crippen LogP contribution in [0.2, 0.25) is 0 Å².